The molecule has 1 rings (SSSR count). The first-order valence-electron chi connectivity index (χ1n) is 4.44. The molecule has 1 saturated heterocycles. The van der Waals surface area contributed by atoms with Crippen molar-refractivity contribution in [3.05, 3.63) is 0 Å². The highest BCUT2D eigenvalue weighted by Crippen LogP contribution is 1.92. The zero-order valence-electron chi connectivity index (χ0n) is 7.31. The van der Waals surface area contributed by atoms with E-state index in [1.807, 2.05) is 0 Å². The van der Waals surface area contributed by atoms with Gasteiger partial charge in [-0.3, -0.25) is 4.90 Å². The van der Waals surface area contributed by atoms with Gasteiger partial charge in [-0.1, -0.05) is 6.92 Å². The number of rotatable bonds is 4. The van der Waals surface area contributed by atoms with Gasteiger partial charge in [0.2, 0.25) is 0 Å². The SMILES string of the molecule is CCCOCN1CCNCC1. The van der Waals surface area contributed by atoms with Crippen LogP contribution in [0.2, 0.25) is 0 Å². The third-order valence-corrected chi connectivity index (χ3v) is 1.83. The van der Waals surface area contributed by atoms with Crippen LogP contribution in [0.5, 0.6) is 0 Å². The fourth-order valence-corrected chi connectivity index (χ4v) is 1.18. The molecule has 0 bridgehead atoms. The molecule has 3 nitrogen and oxygen atoms in total. The summed E-state index contributed by atoms with van der Waals surface area (Å²) in [5.41, 5.74) is 0. The van der Waals surface area contributed by atoms with Crippen molar-refractivity contribution in [2.75, 3.05) is 39.5 Å². The Hall–Kier alpha value is -0.120. The molecule has 3 heteroatoms. The van der Waals surface area contributed by atoms with Crippen LogP contribution < -0.4 is 5.32 Å². The van der Waals surface area contributed by atoms with Gasteiger partial charge in [0, 0.05) is 32.8 Å². The Balaban J connectivity index is 1.96. The highest BCUT2D eigenvalue weighted by molar-refractivity contribution is 4.64. The summed E-state index contributed by atoms with van der Waals surface area (Å²) in [6.45, 7) is 8.32. The topological polar surface area (TPSA) is 24.5 Å². The number of ether oxygens (including phenoxy) is 1. The molecule has 1 fully saturated rings. The predicted molar refractivity (Wildman–Crippen MR) is 45.6 cm³/mol. The molecule has 0 aromatic carbocycles. The molecule has 1 N–H and O–H groups in total. The zero-order valence-corrected chi connectivity index (χ0v) is 7.31. The van der Waals surface area contributed by atoms with Crippen LogP contribution in [-0.4, -0.2) is 44.4 Å². The van der Waals surface area contributed by atoms with Gasteiger partial charge in [0.25, 0.3) is 0 Å². The maximum atomic E-state index is 5.42. The smallest absolute Gasteiger partial charge is 0.0991 e. The third kappa shape index (κ3) is 3.70. The van der Waals surface area contributed by atoms with Gasteiger partial charge in [0.15, 0.2) is 0 Å². The van der Waals surface area contributed by atoms with Crippen LogP contribution in [0.4, 0.5) is 0 Å². The van der Waals surface area contributed by atoms with Gasteiger partial charge in [-0.2, -0.15) is 0 Å². The van der Waals surface area contributed by atoms with E-state index >= 15 is 0 Å². The normalized spacial score (nSPS) is 20.5. The summed E-state index contributed by atoms with van der Waals surface area (Å²) in [6, 6.07) is 0. The standard InChI is InChI=1S/C8H18N2O/c1-2-7-11-8-10-5-3-9-4-6-10/h9H,2-8H2,1H3. The summed E-state index contributed by atoms with van der Waals surface area (Å²) in [5, 5.41) is 3.31. The van der Waals surface area contributed by atoms with Crippen LogP contribution in [-0.2, 0) is 4.74 Å². The Labute approximate surface area is 68.7 Å². The van der Waals surface area contributed by atoms with Gasteiger partial charge in [-0.05, 0) is 6.42 Å². The molecule has 66 valence electrons. The molecule has 1 aliphatic rings. The van der Waals surface area contributed by atoms with Crippen molar-refractivity contribution < 1.29 is 4.74 Å². The Bertz CT molecular complexity index is 92.1. The first-order chi connectivity index (χ1) is 5.43. The maximum absolute atomic E-state index is 5.42. The Morgan fingerprint density at radius 1 is 1.36 bits per heavy atom. The molecule has 0 aromatic heterocycles. The lowest BCUT2D eigenvalue weighted by Crippen LogP contribution is -2.44. The van der Waals surface area contributed by atoms with E-state index in [0.717, 1.165) is 45.9 Å². The average molecular weight is 158 g/mol. The van der Waals surface area contributed by atoms with E-state index in [9.17, 15) is 0 Å². The Kier molecular flexibility index (Phi) is 4.50. The molecule has 1 aliphatic heterocycles. The molecule has 0 radical (unpaired) electrons. The highest BCUT2D eigenvalue weighted by atomic mass is 16.5. The van der Waals surface area contributed by atoms with Crippen LogP contribution in [0, 0.1) is 0 Å². The molecule has 0 amide bonds. The average Bonchev–Trinajstić information content (AvgIpc) is 2.07. The van der Waals surface area contributed by atoms with Gasteiger partial charge >= 0.3 is 0 Å². The summed E-state index contributed by atoms with van der Waals surface area (Å²) in [6.07, 6.45) is 1.12. The molecule has 0 aliphatic carbocycles. The van der Waals surface area contributed by atoms with Crippen LogP contribution in [0.25, 0.3) is 0 Å². The number of hydrogen-bond donors (Lipinski definition) is 1. The van der Waals surface area contributed by atoms with E-state index in [2.05, 4.69) is 17.1 Å². The Morgan fingerprint density at radius 3 is 2.73 bits per heavy atom. The molecule has 1 heterocycles. The van der Waals surface area contributed by atoms with E-state index in [1.165, 1.54) is 0 Å². The highest BCUT2D eigenvalue weighted by Gasteiger charge is 2.07. The monoisotopic (exact) mass is 158 g/mol. The fourth-order valence-electron chi connectivity index (χ4n) is 1.18. The lowest BCUT2D eigenvalue weighted by molar-refractivity contribution is 0.0229. The number of hydrogen-bond acceptors (Lipinski definition) is 3. The van der Waals surface area contributed by atoms with Crippen molar-refractivity contribution in [3.8, 4) is 0 Å². The minimum Gasteiger partial charge on any atom is -0.366 e. The largest absolute Gasteiger partial charge is 0.366 e. The van der Waals surface area contributed by atoms with Gasteiger partial charge in [0.05, 0.1) is 6.73 Å². The van der Waals surface area contributed by atoms with Crippen molar-refractivity contribution in [1.29, 1.82) is 0 Å². The van der Waals surface area contributed by atoms with E-state index < -0.39 is 0 Å². The van der Waals surface area contributed by atoms with Gasteiger partial charge in [-0.15, -0.1) is 0 Å². The summed E-state index contributed by atoms with van der Waals surface area (Å²) < 4.78 is 5.42. The van der Waals surface area contributed by atoms with Crippen LogP contribution >= 0.6 is 0 Å². The van der Waals surface area contributed by atoms with Crippen LogP contribution in [0.15, 0.2) is 0 Å². The maximum Gasteiger partial charge on any atom is 0.0991 e. The van der Waals surface area contributed by atoms with Crippen molar-refractivity contribution >= 4 is 0 Å². The van der Waals surface area contributed by atoms with Crippen molar-refractivity contribution in [1.82, 2.24) is 10.2 Å². The molecule has 0 aromatic rings. The second kappa shape index (κ2) is 5.52. The molecule has 0 spiro atoms. The predicted octanol–water partition coefficient (Wildman–Crippen LogP) is 0.276. The zero-order chi connectivity index (χ0) is 7.94. The third-order valence-electron chi connectivity index (χ3n) is 1.83. The Morgan fingerprint density at radius 2 is 2.09 bits per heavy atom. The van der Waals surface area contributed by atoms with E-state index in [1.54, 1.807) is 0 Å². The quantitative estimate of drug-likeness (QED) is 0.595. The van der Waals surface area contributed by atoms with Gasteiger partial charge < -0.3 is 10.1 Å². The van der Waals surface area contributed by atoms with E-state index in [0.29, 0.717) is 0 Å². The van der Waals surface area contributed by atoms with Crippen molar-refractivity contribution in [3.63, 3.8) is 0 Å². The lowest BCUT2D eigenvalue weighted by atomic mass is 10.4. The second-order valence-electron chi connectivity index (χ2n) is 2.91. The van der Waals surface area contributed by atoms with Gasteiger partial charge in [-0.25, -0.2) is 0 Å². The molecular weight excluding hydrogens is 140 g/mol. The van der Waals surface area contributed by atoms with Crippen molar-refractivity contribution in [2.24, 2.45) is 0 Å². The fraction of sp³-hybridized carbons (Fsp3) is 1.00. The minimum absolute atomic E-state index is 0.815. The van der Waals surface area contributed by atoms with Gasteiger partial charge in [0.1, 0.15) is 0 Å². The first-order valence-corrected chi connectivity index (χ1v) is 4.44. The number of piperazine rings is 1. The molecular formula is C8H18N2O. The second-order valence-corrected chi connectivity index (χ2v) is 2.91. The number of nitrogens with one attached hydrogen (secondary N) is 1. The summed E-state index contributed by atoms with van der Waals surface area (Å²) in [4.78, 5) is 2.34. The summed E-state index contributed by atoms with van der Waals surface area (Å²) in [5.74, 6) is 0. The molecule has 0 atom stereocenters. The number of nitrogens with zero attached hydrogens (tertiary/aromatic N) is 1. The molecule has 0 saturated carbocycles. The molecule has 0 unspecified atom stereocenters. The van der Waals surface area contributed by atoms with E-state index in [4.69, 9.17) is 4.74 Å². The van der Waals surface area contributed by atoms with Crippen LogP contribution in [0.3, 0.4) is 0 Å². The summed E-state index contributed by atoms with van der Waals surface area (Å²) >= 11 is 0. The summed E-state index contributed by atoms with van der Waals surface area (Å²) in [7, 11) is 0. The minimum atomic E-state index is 0.815. The van der Waals surface area contributed by atoms with Crippen molar-refractivity contribution in [2.45, 2.75) is 13.3 Å². The van der Waals surface area contributed by atoms with E-state index in [-0.39, 0.29) is 0 Å². The lowest BCUT2D eigenvalue weighted by Gasteiger charge is -2.26. The first kappa shape index (κ1) is 8.97. The molecule has 11 heavy (non-hydrogen) atoms. The van der Waals surface area contributed by atoms with Crippen LogP contribution in [0.1, 0.15) is 13.3 Å².